The highest BCUT2D eigenvalue weighted by Gasteiger charge is 2.23. The van der Waals surface area contributed by atoms with Crippen LogP contribution >= 0.6 is 7.82 Å². The Balaban J connectivity index is 4.14. The van der Waals surface area contributed by atoms with Crippen molar-refractivity contribution in [1.29, 1.82) is 0 Å². The van der Waals surface area contributed by atoms with E-state index in [2.05, 4.69) is 31.3 Å². The minimum Gasteiger partial charge on any atom is -0.756 e. The summed E-state index contributed by atoms with van der Waals surface area (Å²) in [6.07, 6.45) is 66.9. The van der Waals surface area contributed by atoms with Crippen LogP contribution in [-0.4, -0.2) is 68.5 Å². The van der Waals surface area contributed by atoms with Crippen molar-refractivity contribution >= 4 is 13.7 Å². The number of phosphoric acid groups is 1. The summed E-state index contributed by atoms with van der Waals surface area (Å²) < 4.78 is 23.4. The molecule has 0 rings (SSSR count). The topological polar surface area (TPSA) is 108 Å². The first-order valence-corrected chi connectivity index (χ1v) is 32.2. The SMILES string of the molecule is CCCCCCCCCCCCCC/C=C\CCCCCCCCCCCCCC(=O)NC(COP(=O)([O-])OCC[N+](C)(C)C)C(O)/C=C/CCCCCCCCCCCCCCCCCCCCC. The summed E-state index contributed by atoms with van der Waals surface area (Å²) >= 11 is 0. The number of quaternary nitrogens is 1. The fraction of sp³-hybridized carbons (Fsp3) is 0.918. The average Bonchev–Trinajstić information content (AvgIpc) is 3.32. The standard InChI is InChI=1S/C61H121N2O6P/c1-6-8-10-12-14-16-18-20-22-24-26-28-29-30-31-32-33-35-37-39-41-43-45-47-49-51-53-55-61(65)62-59(58-69-70(66,67)68-57-56-63(3,4)5)60(64)54-52-50-48-46-44-42-40-38-36-34-27-25-23-21-19-17-15-13-11-9-7-2/h30-31,52,54,59-60,64H,6-29,32-51,53,55-58H2,1-5H3,(H-,62,65,66,67)/b31-30-,54-52+. The number of carbonyl (C=O) groups is 1. The molecule has 0 aromatic rings. The third kappa shape index (κ3) is 54.7. The molecule has 3 unspecified atom stereocenters. The third-order valence-corrected chi connectivity index (χ3v) is 15.1. The molecule has 2 N–H and O–H groups in total. The maximum Gasteiger partial charge on any atom is 0.268 e. The Hall–Kier alpha value is -1.02. The molecule has 8 nitrogen and oxygen atoms in total. The molecular weight excluding hydrogens is 888 g/mol. The van der Waals surface area contributed by atoms with E-state index in [0.717, 1.165) is 38.5 Å². The van der Waals surface area contributed by atoms with Gasteiger partial charge in [-0.25, -0.2) is 0 Å². The summed E-state index contributed by atoms with van der Waals surface area (Å²) in [6.45, 7) is 4.70. The van der Waals surface area contributed by atoms with Gasteiger partial charge in [0.05, 0.1) is 39.9 Å². The number of aliphatic hydroxyl groups excluding tert-OH is 1. The predicted molar refractivity (Wildman–Crippen MR) is 302 cm³/mol. The van der Waals surface area contributed by atoms with Crippen LogP contribution in [0.15, 0.2) is 24.3 Å². The normalized spacial score (nSPS) is 14.0. The molecule has 0 heterocycles. The van der Waals surface area contributed by atoms with Crippen molar-refractivity contribution in [3.05, 3.63) is 24.3 Å². The zero-order chi connectivity index (χ0) is 51.3. The molecule has 0 aliphatic heterocycles. The van der Waals surface area contributed by atoms with E-state index < -0.39 is 20.0 Å². The fourth-order valence-corrected chi connectivity index (χ4v) is 10.1. The summed E-state index contributed by atoms with van der Waals surface area (Å²) in [5, 5.41) is 13.9. The van der Waals surface area contributed by atoms with E-state index in [9.17, 15) is 19.4 Å². The molecule has 0 spiro atoms. The molecule has 0 saturated heterocycles. The zero-order valence-corrected chi connectivity index (χ0v) is 48.4. The van der Waals surface area contributed by atoms with Crippen LogP contribution in [0.25, 0.3) is 0 Å². The van der Waals surface area contributed by atoms with Crippen molar-refractivity contribution in [1.82, 2.24) is 5.32 Å². The van der Waals surface area contributed by atoms with Crippen molar-refractivity contribution in [3.63, 3.8) is 0 Å². The molecule has 3 atom stereocenters. The minimum atomic E-state index is -4.60. The van der Waals surface area contributed by atoms with Crippen LogP contribution in [0.5, 0.6) is 0 Å². The lowest BCUT2D eigenvalue weighted by molar-refractivity contribution is -0.870. The predicted octanol–water partition coefficient (Wildman–Crippen LogP) is 18.1. The lowest BCUT2D eigenvalue weighted by Gasteiger charge is -2.29. The van der Waals surface area contributed by atoms with Gasteiger partial charge in [-0.2, -0.15) is 0 Å². The maximum atomic E-state index is 13.0. The van der Waals surface area contributed by atoms with E-state index in [0.29, 0.717) is 17.4 Å². The first-order chi connectivity index (χ1) is 34.0. The number of aliphatic hydroxyl groups is 1. The Morgan fingerprint density at radius 2 is 0.786 bits per heavy atom. The van der Waals surface area contributed by atoms with E-state index >= 15 is 0 Å². The van der Waals surface area contributed by atoms with E-state index in [4.69, 9.17) is 9.05 Å². The molecule has 1 amide bonds. The van der Waals surface area contributed by atoms with Crippen LogP contribution in [0, 0.1) is 0 Å². The quantitative estimate of drug-likeness (QED) is 0.0272. The van der Waals surface area contributed by atoms with Gasteiger partial charge in [0.2, 0.25) is 5.91 Å². The monoisotopic (exact) mass is 1010 g/mol. The number of hydrogen-bond donors (Lipinski definition) is 2. The lowest BCUT2D eigenvalue weighted by atomic mass is 10.0. The summed E-state index contributed by atoms with van der Waals surface area (Å²) in [5.74, 6) is -0.193. The highest BCUT2D eigenvalue weighted by atomic mass is 31.2. The molecular formula is C61H121N2O6P. The van der Waals surface area contributed by atoms with Crippen LogP contribution in [-0.2, 0) is 18.4 Å². The van der Waals surface area contributed by atoms with Crippen molar-refractivity contribution in [3.8, 4) is 0 Å². The van der Waals surface area contributed by atoms with Gasteiger partial charge in [-0.15, -0.1) is 0 Å². The highest BCUT2D eigenvalue weighted by molar-refractivity contribution is 7.45. The van der Waals surface area contributed by atoms with Crippen molar-refractivity contribution in [2.45, 2.75) is 321 Å². The molecule has 70 heavy (non-hydrogen) atoms. The van der Waals surface area contributed by atoms with Crippen LogP contribution in [0.2, 0.25) is 0 Å². The number of nitrogens with zero attached hydrogens (tertiary/aromatic N) is 1. The summed E-state index contributed by atoms with van der Waals surface area (Å²) in [5.41, 5.74) is 0. The number of hydrogen-bond acceptors (Lipinski definition) is 6. The molecule has 0 fully saturated rings. The number of likely N-dealkylation sites (N-methyl/N-ethyl adjacent to an activating group) is 1. The fourth-order valence-electron chi connectivity index (χ4n) is 9.33. The molecule has 0 aromatic heterocycles. The van der Waals surface area contributed by atoms with Gasteiger partial charge in [-0.1, -0.05) is 282 Å². The van der Waals surface area contributed by atoms with Gasteiger partial charge >= 0.3 is 0 Å². The van der Waals surface area contributed by atoms with Crippen LogP contribution < -0.4 is 10.2 Å². The van der Waals surface area contributed by atoms with Crippen LogP contribution in [0.4, 0.5) is 0 Å². The second kappa shape index (κ2) is 52.8. The number of nitrogens with one attached hydrogen (secondary N) is 1. The summed E-state index contributed by atoms with van der Waals surface area (Å²) in [6, 6.07) is -0.886. The van der Waals surface area contributed by atoms with Gasteiger partial charge in [0, 0.05) is 6.42 Å². The zero-order valence-electron chi connectivity index (χ0n) is 47.5. The molecule has 0 aliphatic rings. The van der Waals surface area contributed by atoms with Crippen LogP contribution in [0.1, 0.15) is 309 Å². The van der Waals surface area contributed by atoms with Gasteiger partial charge in [0.15, 0.2) is 0 Å². The first kappa shape index (κ1) is 69.0. The average molecular weight is 1010 g/mol. The lowest BCUT2D eigenvalue weighted by Crippen LogP contribution is -2.45. The van der Waals surface area contributed by atoms with Gasteiger partial charge in [-0.05, 0) is 44.9 Å². The third-order valence-electron chi connectivity index (χ3n) is 14.2. The van der Waals surface area contributed by atoms with Crippen molar-refractivity contribution < 1.29 is 32.9 Å². The van der Waals surface area contributed by atoms with Crippen LogP contribution in [0.3, 0.4) is 0 Å². The Kier molecular flexibility index (Phi) is 52.1. The number of allylic oxidation sites excluding steroid dienone is 3. The van der Waals surface area contributed by atoms with E-state index in [1.165, 1.54) is 250 Å². The number of rotatable bonds is 57. The molecule has 0 bridgehead atoms. The number of phosphoric ester groups is 1. The minimum absolute atomic E-state index is 0.000831. The molecule has 416 valence electrons. The number of amides is 1. The van der Waals surface area contributed by atoms with E-state index in [-0.39, 0.29) is 19.1 Å². The molecule has 0 aromatic carbocycles. The van der Waals surface area contributed by atoms with Crippen molar-refractivity contribution in [2.24, 2.45) is 0 Å². The molecule has 0 radical (unpaired) electrons. The Labute approximate surface area is 436 Å². The number of unbranched alkanes of at least 4 members (excludes halogenated alkanes) is 42. The van der Waals surface area contributed by atoms with Gasteiger partial charge < -0.3 is 28.8 Å². The Morgan fingerprint density at radius 3 is 1.11 bits per heavy atom. The second-order valence-electron chi connectivity index (χ2n) is 22.4. The molecule has 0 aliphatic carbocycles. The van der Waals surface area contributed by atoms with E-state index in [1.807, 2.05) is 27.2 Å². The van der Waals surface area contributed by atoms with Gasteiger partial charge in [-0.3, -0.25) is 9.36 Å². The number of carbonyl (C=O) groups excluding carboxylic acids is 1. The molecule has 9 heteroatoms. The van der Waals surface area contributed by atoms with E-state index in [1.54, 1.807) is 6.08 Å². The Bertz CT molecular complexity index is 1190. The molecule has 0 saturated carbocycles. The second-order valence-corrected chi connectivity index (χ2v) is 23.8. The Morgan fingerprint density at radius 1 is 0.486 bits per heavy atom. The van der Waals surface area contributed by atoms with Gasteiger partial charge in [0.1, 0.15) is 13.2 Å². The largest absolute Gasteiger partial charge is 0.756 e. The highest BCUT2D eigenvalue weighted by Crippen LogP contribution is 2.38. The van der Waals surface area contributed by atoms with Gasteiger partial charge in [0.25, 0.3) is 7.82 Å². The smallest absolute Gasteiger partial charge is 0.268 e. The van der Waals surface area contributed by atoms with Crippen molar-refractivity contribution in [2.75, 3.05) is 40.9 Å². The summed E-state index contributed by atoms with van der Waals surface area (Å²) in [7, 11) is 1.27. The maximum absolute atomic E-state index is 13.0. The first-order valence-electron chi connectivity index (χ1n) is 30.7. The summed E-state index contributed by atoms with van der Waals surface area (Å²) in [4.78, 5) is 25.5.